The number of ketones is 1. The van der Waals surface area contributed by atoms with Crippen molar-refractivity contribution < 1.29 is 4.79 Å². The molecule has 21 heavy (non-hydrogen) atoms. The van der Waals surface area contributed by atoms with Crippen molar-refractivity contribution in [3.63, 3.8) is 0 Å². The highest BCUT2D eigenvalue weighted by molar-refractivity contribution is 5.82. The maximum absolute atomic E-state index is 11.9. The number of fused-ring (bicyclic) bond motifs is 5. The molecule has 4 rings (SSSR count). The predicted molar refractivity (Wildman–Crippen MR) is 85.9 cm³/mol. The molecule has 0 aromatic rings. The smallest absolute Gasteiger partial charge is 0.136 e. The normalized spacial score (nSPS) is 52.7. The van der Waals surface area contributed by atoms with Gasteiger partial charge < -0.3 is 0 Å². The minimum absolute atomic E-state index is 0.351. The summed E-state index contributed by atoms with van der Waals surface area (Å²) in [6.07, 6.45) is 12.2. The Balaban J connectivity index is 1.69. The van der Waals surface area contributed by atoms with Gasteiger partial charge in [-0.05, 0) is 73.0 Å². The molecule has 1 nitrogen and oxygen atoms in total. The van der Waals surface area contributed by atoms with E-state index >= 15 is 0 Å². The fourth-order valence-corrected chi connectivity index (χ4v) is 6.74. The molecule has 3 saturated carbocycles. The Morgan fingerprint density at radius 3 is 2.71 bits per heavy atom. The quantitative estimate of drug-likeness (QED) is 0.562. The van der Waals surface area contributed by atoms with Crippen LogP contribution in [0.4, 0.5) is 0 Å². The van der Waals surface area contributed by atoms with Crippen molar-refractivity contribution in [2.45, 2.75) is 72.1 Å². The van der Waals surface area contributed by atoms with Crippen molar-refractivity contribution in [3.05, 3.63) is 11.6 Å². The van der Waals surface area contributed by atoms with Gasteiger partial charge in [-0.15, -0.1) is 0 Å². The predicted octanol–water partition coefficient (Wildman–Crippen LogP) is 5.15. The molecule has 3 fully saturated rings. The van der Waals surface area contributed by atoms with Crippen LogP contribution in [0.3, 0.4) is 0 Å². The van der Waals surface area contributed by atoms with Crippen LogP contribution in [-0.2, 0) is 4.79 Å². The topological polar surface area (TPSA) is 17.1 Å². The summed E-state index contributed by atoms with van der Waals surface area (Å²) in [6.45, 7) is 7.56. The zero-order valence-electron chi connectivity index (χ0n) is 14.0. The maximum atomic E-state index is 11.9. The summed E-state index contributed by atoms with van der Waals surface area (Å²) in [4.78, 5) is 11.9. The molecule has 0 aromatic heterocycles. The average molecular weight is 286 g/mol. The molecule has 0 spiro atoms. The molecular formula is C20H30O. The minimum atomic E-state index is 0.351. The Morgan fingerprint density at radius 1 is 1.10 bits per heavy atom. The highest BCUT2D eigenvalue weighted by Gasteiger charge is 2.57. The lowest BCUT2D eigenvalue weighted by atomic mass is 9.47. The molecule has 0 radical (unpaired) electrons. The number of carbonyl (C=O) groups excluding carboxylic acids is 1. The van der Waals surface area contributed by atoms with Gasteiger partial charge in [0, 0.05) is 12.8 Å². The highest BCUT2D eigenvalue weighted by Crippen LogP contribution is 2.65. The van der Waals surface area contributed by atoms with Crippen molar-refractivity contribution in [1.82, 2.24) is 0 Å². The summed E-state index contributed by atoms with van der Waals surface area (Å²) in [5.41, 5.74) is 2.46. The number of Topliss-reactive ketones (excluding diaryl/α,β-unsaturated/α-hetero) is 1. The monoisotopic (exact) mass is 286 g/mol. The van der Waals surface area contributed by atoms with Gasteiger partial charge in [-0.3, -0.25) is 4.79 Å². The third-order valence-corrected chi connectivity index (χ3v) is 8.41. The molecule has 0 aliphatic heterocycles. The summed E-state index contributed by atoms with van der Waals surface area (Å²) in [6, 6.07) is 0. The number of hydrogen-bond donors (Lipinski definition) is 0. The summed E-state index contributed by atoms with van der Waals surface area (Å²) >= 11 is 0. The molecule has 0 saturated heterocycles. The number of hydrogen-bond acceptors (Lipinski definition) is 1. The van der Waals surface area contributed by atoms with Crippen molar-refractivity contribution in [2.24, 2.45) is 34.5 Å². The first-order valence-electron chi connectivity index (χ1n) is 9.16. The van der Waals surface area contributed by atoms with E-state index in [9.17, 15) is 4.79 Å². The van der Waals surface area contributed by atoms with Crippen LogP contribution in [0.15, 0.2) is 11.6 Å². The standard InChI is InChI=1S/C20H30O/c1-13-4-7-17-16-6-5-14-12-15(21)8-10-20(14,3)18(16)9-11-19(13,17)2/h5,13,16-18H,4,6-12H2,1-3H3. The Bertz CT molecular complexity index is 504. The van der Waals surface area contributed by atoms with Crippen LogP contribution in [0, 0.1) is 34.5 Å². The van der Waals surface area contributed by atoms with E-state index in [2.05, 4.69) is 26.8 Å². The molecule has 6 atom stereocenters. The molecule has 4 aliphatic rings. The fraction of sp³-hybridized carbons (Fsp3) is 0.850. The van der Waals surface area contributed by atoms with E-state index in [0.29, 0.717) is 16.6 Å². The van der Waals surface area contributed by atoms with Gasteiger partial charge in [0.25, 0.3) is 0 Å². The first kappa shape index (κ1) is 14.0. The molecule has 0 amide bonds. The lowest BCUT2D eigenvalue weighted by Crippen LogP contribution is -2.49. The molecule has 0 heterocycles. The molecular weight excluding hydrogens is 256 g/mol. The van der Waals surface area contributed by atoms with Gasteiger partial charge in [-0.1, -0.05) is 32.4 Å². The molecule has 4 aliphatic carbocycles. The maximum Gasteiger partial charge on any atom is 0.136 e. The van der Waals surface area contributed by atoms with E-state index in [1.807, 2.05) is 0 Å². The van der Waals surface area contributed by atoms with Crippen LogP contribution in [-0.4, -0.2) is 5.78 Å². The number of allylic oxidation sites excluding steroid dienone is 2. The lowest BCUT2D eigenvalue weighted by molar-refractivity contribution is -0.122. The summed E-state index contributed by atoms with van der Waals surface area (Å²) < 4.78 is 0. The van der Waals surface area contributed by atoms with Gasteiger partial charge in [-0.25, -0.2) is 0 Å². The van der Waals surface area contributed by atoms with E-state index in [1.165, 1.54) is 37.7 Å². The first-order valence-corrected chi connectivity index (χ1v) is 9.16. The molecule has 0 N–H and O–H groups in total. The second kappa shape index (κ2) is 4.46. The van der Waals surface area contributed by atoms with E-state index in [1.54, 1.807) is 0 Å². The third-order valence-electron chi connectivity index (χ3n) is 8.41. The zero-order valence-corrected chi connectivity index (χ0v) is 14.0. The molecule has 116 valence electrons. The van der Waals surface area contributed by atoms with E-state index < -0.39 is 0 Å². The Kier molecular flexibility index (Phi) is 2.98. The highest BCUT2D eigenvalue weighted by atomic mass is 16.1. The minimum Gasteiger partial charge on any atom is -0.299 e. The molecule has 1 heteroatoms. The molecule has 6 unspecified atom stereocenters. The van der Waals surface area contributed by atoms with Crippen LogP contribution >= 0.6 is 0 Å². The second-order valence-corrected chi connectivity index (χ2v) is 9.00. The molecule has 0 aromatic carbocycles. The van der Waals surface area contributed by atoms with E-state index in [4.69, 9.17) is 0 Å². The van der Waals surface area contributed by atoms with Gasteiger partial charge in [-0.2, -0.15) is 0 Å². The average Bonchev–Trinajstić information content (AvgIpc) is 2.76. The summed E-state index contributed by atoms with van der Waals surface area (Å²) in [7, 11) is 0. The van der Waals surface area contributed by atoms with Crippen molar-refractivity contribution >= 4 is 5.78 Å². The lowest BCUT2D eigenvalue weighted by Gasteiger charge is -2.57. The van der Waals surface area contributed by atoms with Crippen LogP contribution in [0.1, 0.15) is 72.1 Å². The van der Waals surface area contributed by atoms with Gasteiger partial charge in [0.1, 0.15) is 5.78 Å². The van der Waals surface area contributed by atoms with Crippen LogP contribution in [0.25, 0.3) is 0 Å². The molecule has 0 bridgehead atoms. The third kappa shape index (κ3) is 1.79. The van der Waals surface area contributed by atoms with Crippen molar-refractivity contribution in [3.8, 4) is 0 Å². The Labute approximate surface area is 129 Å². The summed E-state index contributed by atoms with van der Waals surface area (Å²) in [5, 5.41) is 0. The largest absolute Gasteiger partial charge is 0.299 e. The van der Waals surface area contributed by atoms with Gasteiger partial charge >= 0.3 is 0 Å². The van der Waals surface area contributed by atoms with Crippen molar-refractivity contribution in [2.75, 3.05) is 0 Å². The fourth-order valence-electron chi connectivity index (χ4n) is 6.74. The Hall–Kier alpha value is -0.590. The second-order valence-electron chi connectivity index (χ2n) is 9.00. The van der Waals surface area contributed by atoms with E-state index in [0.717, 1.165) is 42.9 Å². The van der Waals surface area contributed by atoms with Gasteiger partial charge in [0.15, 0.2) is 0 Å². The summed E-state index contributed by atoms with van der Waals surface area (Å²) in [5.74, 6) is 4.09. The van der Waals surface area contributed by atoms with Gasteiger partial charge in [0.2, 0.25) is 0 Å². The zero-order chi connectivity index (χ0) is 14.8. The van der Waals surface area contributed by atoms with Crippen molar-refractivity contribution in [1.29, 1.82) is 0 Å². The van der Waals surface area contributed by atoms with Gasteiger partial charge in [0.05, 0.1) is 0 Å². The number of rotatable bonds is 0. The van der Waals surface area contributed by atoms with Crippen LogP contribution in [0.5, 0.6) is 0 Å². The van der Waals surface area contributed by atoms with E-state index in [-0.39, 0.29) is 0 Å². The SMILES string of the molecule is CC1CCC2C3CC=C4CC(=O)CCC4(C)C3CCC12C. The first-order chi connectivity index (χ1) is 9.95. The Morgan fingerprint density at radius 2 is 1.90 bits per heavy atom. The van der Waals surface area contributed by atoms with Crippen LogP contribution < -0.4 is 0 Å². The van der Waals surface area contributed by atoms with Crippen LogP contribution in [0.2, 0.25) is 0 Å². The number of carbonyl (C=O) groups is 1.